The highest BCUT2D eigenvalue weighted by atomic mass is 16.6. The van der Waals surface area contributed by atoms with Crippen molar-refractivity contribution in [2.45, 2.75) is 71.9 Å². The molecule has 2 aromatic rings. The summed E-state index contributed by atoms with van der Waals surface area (Å²) in [5, 5.41) is 9.69. The van der Waals surface area contributed by atoms with Crippen LogP contribution in [0.2, 0.25) is 0 Å². The second-order valence-corrected chi connectivity index (χ2v) is 9.60. The molecule has 1 N–H and O–H groups in total. The Bertz CT molecular complexity index is 996. The second kappa shape index (κ2) is 12.9. The molecule has 0 aromatic heterocycles. The van der Waals surface area contributed by atoms with Gasteiger partial charge in [0.2, 0.25) is 0 Å². The molecular weight excluding hydrogens is 446 g/mol. The van der Waals surface area contributed by atoms with Gasteiger partial charge in [-0.3, -0.25) is 4.79 Å². The van der Waals surface area contributed by atoms with Gasteiger partial charge in [-0.05, 0) is 69.4 Å². The van der Waals surface area contributed by atoms with Gasteiger partial charge in [0, 0.05) is 13.1 Å². The first-order chi connectivity index (χ1) is 16.5. The van der Waals surface area contributed by atoms with Gasteiger partial charge >= 0.3 is 18.0 Å². The zero-order valence-electron chi connectivity index (χ0n) is 21.4. The van der Waals surface area contributed by atoms with Crippen molar-refractivity contribution in [3.8, 4) is 0 Å². The van der Waals surface area contributed by atoms with E-state index in [4.69, 9.17) is 9.47 Å². The largest absolute Gasteiger partial charge is 0.481 e. The van der Waals surface area contributed by atoms with E-state index in [1.165, 1.54) is 0 Å². The molecule has 0 spiro atoms. The summed E-state index contributed by atoms with van der Waals surface area (Å²) in [4.78, 5) is 38.9. The number of carboxylic acid groups (broad SMARTS) is 1. The van der Waals surface area contributed by atoms with E-state index in [-0.39, 0.29) is 12.1 Å². The molecule has 0 aliphatic rings. The summed E-state index contributed by atoms with van der Waals surface area (Å²) >= 11 is 0. The molecule has 35 heavy (non-hydrogen) atoms. The van der Waals surface area contributed by atoms with E-state index < -0.39 is 29.6 Å². The quantitative estimate of drug-likeness (QED) is 0.320. The number of rotatable bonds is 11. The number of esters is 1. The van der Waals surface area contributed by atoms with E-state index >= 15 is 0 Å². The predicted molar refractivity (Wildman–Crippen MR) is 134 cm³/mol. The zero-order chi connectivity index (χ0) is 26.0. The zero-order valence-corrected chi connectivity index (χ0v) is 21.4. The van der Waals surface area contributed by atoms with E-state index in [9.17, 15) is 19.5 Å². The topological polar surface area (TPSA) is 93.1 Å². The van der Waals surface area contributed by atoms with Crippen molar-refractivity contribution >= 4 is 18.0 Å². The van der Waals surface area contributed by atoms with E-state index in [0.29, 0.717) is 30.7 Å². The van der Waals surface area contributed by atoms with Crippen molar-refractivity contribution in [1.29, 1.82) is 0 Å². The molecule has 0 aliphatic carbocycles. The van der Waals surface area contributed by atoms with Crippen molar-refractivity contribution in [3.05, 3.63) is 70.8 Å². The fourth-order valence-electron chi connectivity index (χ4n) is 3.48. The average Bonchev–Trinajstić information content (AvgIpc) is 2.80. The Balaban J connectivity index is 2.34. The van der Waals surface area contributed by atoms with Gasteiger partial charge in [-0.15, -0.1) is 0 Å². The molecule has 190 valence electrons. The van der Waals surface area contributed by atoms with Crippen LogP contribution in [0.3, 0.4) is 0 Å². The number of nitrogens with zero attached hydrogens (tertiary/aromatic N) is 1. The van der Waals surface area contributed by atoms with E-state index in [0.717, 1.165) is 18.4 Å². The van der Waals surface area contributed by atoms with Crippen LogP contribution in [0.4, 0.5) is 4.79 Å². The lowest BCUT2D eigenvalue weighted by molar-refractivity contribution is -0.138. The molecule has 1 amide bonds. The van der Waals surface area contributed by atoms with E-state index in [1.807, 2.05) is 37.3 Å². The third-order valence-electron chi connectivity index (χ3n) is 5.47. The third kappa shape index (κ3) is 9.08. The lowest BCUT2D eigenvalue weighted by Gasteiger charge is -2.25. The number of hydrogen-bond acceptors (Lipinski definition) is 5. The fourth-order valence-corrected chi connectivity index (χ4v) is 3.48. The van der Waals surface area contributed by atoms with Gasteiger partial charge in [0.05, 0.1) is 18.1 Å². The maximum absolute atomic E-state index is 12.9. The summed E-state index contributed by atoms with van der Waals surface area (Å²) in [5.74, 6) is -2.42. The summed E-state index contributed by atoms with van der Waals surface area (Å²) in [7, 11) is 0. The number of aliphatic carboxylic acids is 1. The van der Waals surface area contributed by atoms with Crippen LogP contribution in [0.1, 0.15) is 80.4 Å². The Labute approximate surface area is 208 Å². The van der Waals surface area contributed by atoms with Crippen LogP contribution in [0.5, 0.6) is 0 Å². The van der Waals surface area contributed by atoms with Crippen molar-refractivity contribution in [3.63, 3.8) is 0 Å². The molecule has 0 heterocycles. The first-order valence-electron chi connectivity index (χ1n) is 12.1. The molecule has 1 unspecified atom stereocenters. The number of benzene rings is 2. The smallest absolute Gasteiger partial charge is 0.410 e. The van der Waals surface area contributed by atoms with Crippen LogP contribution in [0, 0.1) is 0 Å². The maximum Gasteiger partial charge on any atom is 0.410 e. The van der Waals surface area contributed by atoms with Gasteiger partial charge in [-0.2, -0.15) is 0 Å². The van der Waals surface area contributed by atoms with Crippen LogP contribution in [0.15, 0.2) is 48.5 Å². The maximum atomic E-state index is 12.9. The van der Waals surface area contributed by atoms with Crippen molar-refractivity contribution < 1.29 is 29.0 Å². The first-order valence-corrected chi connectivity index (χ1v) is 12.1. The minimum absolute atomic E-state index is 0.166. The monoisotopic (exact) mass is 483 g/mol. The van der Waals surface area contributed by atoms with Gasteiger partial charge in [-0.1, -0.05) is 49.7 Å². The molecule has 2 rings (SSSR count). The molecule has 0 saturated heterocycles. The molecule has 0 radical (unpaired) electrons. The number of carbonyl (C=O) groups excluding carboxylic acids is 2. The van der Waals surface area contributed by atoms with Gasteiger partial charge in [-0.25, -0.2) is 9.59 Å². The SMILES string of the molecule is CCCCOC(=O)N(CCc1ccccc1)Cc1ccc(C(=O)OC(C)(C)C)cc1C(C)C(=O)O. The van der Waals surface area contributed by atoms with Gasteiger partial charge < -0.3 is 19.5 Å². The minimum atomic E-state index is -1.02. The number of carbonyl (C=O) groups is 3. The standard InChI is InChI=1S/C28H37NO6/c1-6-7-17-34-27(33)29(16-15-21-11-9-8-10-12-21)19-23-14-13-22(26(32)35-28(3,4)5)18-24(23)20(2)25(30)31/h8-14,18,20H,6-7,15-17,19H2,1-5H3,(H,30,31). The van der Waals surface area contributed by atoms with Gasteiger partial charge in [0.1, 0.15) is 5.60 Å². The third-order valence-corrected chi connectivity index (χ3v) is 5.47. The second-order valence-electron chi connectivity index (χ2n) is 9.60. The Hall–Kier alpha value is -3.35. The molecule has 1 atom stereocenters. The summed E-state index contributed by atoms with van der Waals surface area (Å²) < 4.78 is 10.9. The molecule has 0 fully saturated rings. The van der Waals surface area contributed by atoms with Crippen molar-refractivity contribution in [2.75, 3.05) is 13.2 Å². The molecule has 0 saturated carbocycles. The Morgan fingerprint density at radius 1 is 1.06 bits per heavy atom. The number of carboxylic acids is 1. The summed E-state index contributed by atoms with van der Waals surface area (Å²) in [6.07, 6.45) is 1.86. The lowest BCUT2D eigenvalue weighted by atomic mass is 9.93. The Kier molecular flexibility index (Phi) is 10.3. The lowest BCUT2D eigenvalue weighted by Crippen LogP contribution is -2.34. The van der Waals surface area contributed by atoms with Gasteiger partial charge in [0.15, 0.2) is 0 Å². The number of amides is 1. The molecular formula is C28H37NO6. The highest BCUT2D eigenvalue weighted by Crippen LogP contribution is 2.25. The highest BCUT2D eigenvalue weighted by Gasteiger charge is 2.25. The van der Waals surface area contributed by atoms with Crippen molar-refractivity contribution in [2.24, 2.45) is 0 Å². The summed E-state index contributed by atoms with van der Waals surface area (Å²) in [5.41, 5.74) is 1.79. The molecule has 0 aliphatic heterocycles. The normalized spacial score (nSPS) is 12.0. The predicted octanol–water partition coefficient (Wildman–Crippen LogP) is 5.81. The molecule has 7 heteroatoms. The van der Waals surface area contributed by atoms with Crippen LogP contribution in [0.25, 0.3) is 0 Å². The van der Waals surface area contributed by atoms with Gasteiger partial charge in [0.25, 0.3) is 0 Å². The Morgan fingerprint density at radius 2 is 1.74 bits per heavy atom. The van der Waals surface area contributed by atoms with Crippen LogP contribution >= 0.6 is 0 Å². The summed E-state index contributed by atoms with van der Waals surface area (Å²) in [6.45, 7) is 9.80. The van der Waals surface area contributed by atoms with Crippen LogP contribution in [-0.4, -0.2) is 46.8 Å². The number of hydrogen-bond donors (Lipinski definition) is 1. The van der Waals surface area contributed by atoms with Crippen molar-refractivity contribution in [1.82, 2.24) is 4.90 Å². The number of ether oxygens (including phenoxy) is 2. The number of unbranched alkanes of at least 4 members (excludes halogenated alkanes) is 1. The Morgan fingerprint density at radius 3 is 2.34 bits per heavy atom. The molecule has 7 nitrogen and oxygen atoms in total. The fraction of sp³-hybridized carbons (Fsp3) is 0.464. The first kappa shape index (κ1) is 27.9. The molecule has 2 aromatic carbocycles. The molecule has 0 bridgehead atoms. The summed E-state index contributed by atoms with van der Waals surface area (Å²) in [6, 6.07) is 14.7. The highest BCUT2D eigenvalue weighted by molar-refractivity contribution is 5.90. The van der Waals surface area contributed by atoms with Crippen LogP contribution < -0.4 is 0 Å². The average molecular weight is 484 g/mol. The van der Waals surface area contributed by atoms with Crippen LogP contribution in [-0.2, 0) is 27.2 Å². The van der Waals surface area contributed by atoms with E-state index in [2.05, 4.69) is 0 Å². The minimum Gasteiger partial charge on any atom is -0.481 e. The van der Waals surface area contributed by atoms with E-state index in [1.54, 1.807) is 50.8 Å².